The molecule has 0 bridgehead atoms. The summed E-state index contributed by atoms with van der Waals surface area (Å²) < 4.78 is 0. The highest BCUT2D eigenvalue weighted by molar-refractivity contribution is 5.91. The third-order valence-corrected chi connectivity index (χ3v) is 4.43. The van der Waals surface area contributed by atoms with Gasteiger partial charge in [0, 0.05) is 16.6 Å². The molecule has 0 spiro atoms. The van der Waals surface area contributed by atoms with E-state index >= 15 is 0 Å². The Hall–Kier alpha value is -3.41. The van der Waals surface area contributed by atoms with Gasteiger partial charge in [-0.15, -0.1) is 0 Å². The Morgan fingerprint density at radius 1 is 0.885 bits per heavy atom. The van der Waals surface area contributed by atoms with Gasteiger partial charge in [0.2, 0.25) is 5.95 Å². The molecule has 6 heteroatoms. The minimum Gasteiger partial charge on any atom is -0.382 e. The van der Waals surface area contributed by atoms with Crippen LogP contribution >= 0.6 is 0 Å². The van der Waals surface area contributed by atoms with Crippen molar-refractivity contribution in [3.8, 4) is 11.3 Å². The van der Waals surface area contributed by atoms with Crippen LogP contribution in [0.25, 0.3) is 22.2 Å². The highest BCUT2D eigenvalue weighted by atomic mass is 15.1. The lowest BCUT2D eigenvalue weighted by molar-refractivity contribution is 0.797. The Bertz CT molecular complexity index is 1040. The van der Waals surface area contributed by atoms with Crippen LogP contribution in [0.15, 0.2) is 54.6 Å². The zero-order valence-corrected chi connectivity index (χ0v) is 14.3. The maximum Gasteiger partial charge on any atom is 0.220 e. The topological polar surface area (TPSA) is 106 Å². The second-order valence-electron chi connectivity index (χ2n) is 6.31. The number of hydrogen-bond acceptors (Lipinski definition) is 5. The number of nitrogen functional groups attached to an aromatic ring is 2. The average molecular weight is 344 g/mol. The fraction of sp³-hybridized carbons (Fsp3) is 0.150. The summed E-state index contributed by atoms with van der Waals surface area (Å²) in [5.74, 6) is 0.789. The zero-order valence-electron chi connectivity index (χ0n) is 14.3. The molecule has 0 fully saturated rings. The summed E-state index contributed by atoms with van der Waals surface area (Å²) in [6.07, 6.45) is 2.88. The smallest absolute Gasteiger partial charge is 0.220 e. The lowest BCUT2D eigenvalue weighted by Crippen LogP contribution is -2.02. The molecule has 0 radical (unpaired) electrons. The second-order valence-corrected chi connectivity index (χ2v) is 6.31. The van der Waals surface area contributed by atoms with Gasteiger partial charge in [-0.1, -0.05) is 36.4 Å². The first-order valence-corrected chi connectivity index (χ1v) is 8.60. The number of aryl methyl sites for hydroxylation is 2. The molecule has 0 atom stereocenters. The monoisotopic (exact) mass is 344 g/mol. The Labute approximate surface area is 151 Å². The maximum absolute atomic E-state index is 5.93. The van der Waals surface area contributed by atoms with Gasteiger partial charge >= 0.3 is 0 Å². The number of nitrogens with two attached hydrogens (primary N) is 2. The van der Waals surface area contributed by atoms with Crippen LogP contribution in [0, 0.1) is 0 Å². The number of hydrogen-bond donors (Lipinski definition) is 3. The molecule has 2 heterocycles. The summed E-state index contributed by atoms with van der Waals surface area (Å²) in [6.45, 7) is 0. The number of benzene rings is 2. The minimum atomic E-state index is 0.293. The summed E-state index contributed by atoms with van der Waals surface area (Å²) in [6, 6.07) is 18.3. The van der Waals surface area contributed by atoms with Crippen molar-refractivity contribution in [3.63, 3.8) is 0 Å². The number of aromatic nitrogens is 4. The van der Waals surface area contributed by atoms with Gasteiger partial charge < -0.3 is 11.5 Å². The minimum absolute atomic E-state index is 0.293. The summed E-state index contributed by atoms with van der Waals surface area (Å²) in [5.41, 5.74) is 16.7. The Morgan fingerprint density at radius 2 is 1.73 bits per heavy atom. The Kier molecular flexibility index (Phi) is 4.23. The van der Waals surface area contributed by atoms with E-state index in [4.69, 9.17) is 11.5 Å². The quantitative estimate of drug-likeness (QED) is 0.515. The van der Waals surface area contributed by atoms with Crippen LogP contribution in [0.5, 0.6) is 0 Å². The number of nitrogens with one attached hydrogen (secondary N) is 1. The summed E-state index contributed by atoms with van der Waals surface area (Å²) in [7, 11) is 0. The second kappa shape index (κ2) is 6.84. The van der Waals surface area contributed by atoms with Gasteiger partial charge in [-0.3, -0.25) is 5.10 Å². The number of anilines is 2. The van der Waals surface area contributed by atoms with Gasteiger partial charge in [-0.05, 0) is 43.0 Å². The lowest BCUT2D eigenvalue weighted by Gasteiger charge is -2.07. The number of H-pyrrole nitrogens is 1. The molecular weight excluding hydrogens is 324 g/mol. The molecule has 130 valence electrons. The highest BCUT2D eigenvalue weighted by Crippen LogP contribution is 2.25. The molecule has 0 aliphatic heterocycles. The van der Waals surface area contributed by atoms with Crippen LogP contribution in [0.1, 0.15) is 17.7 Å². The van der Waals surface area contributed by atoms with E-state index in [0.29, 0.717) is 11.8 Å². The predicted molar refractivity (Wildman–Crippen MR) is 104 cm³/mol. The van der Waals surface area contributed by atoms with E-state index in [1.807, 2.05) is 30.3 Å². The van der Waals surface area contributed by atoms with Crippen LogP contribution < -0.4 is 11.5 Å². The number of fused-ring (bicyclic) bond motifs is 1. The van der Waals surface area contributed by atoms with Gasteiger partial charge in [-0.2, -0.15) is 5.10 Å². The first-order chi connectivity index (χ1) is 12.7. The van der Waals surface area contributed by atoms with E-state index in [-0.39, 0.29) is 0 Å². The molecule has 0 saturated carbocycles. The Balaban J connectivity index is 1.55. The summed E-state index contributed by atoms with van der Waals surface area (Å²) >= 11 is 0. The van der Waals surface area contributed by atoms with Crippen molar-refractivity contribution < 1.29 is 0 Å². The van der Waals surface area contributed by atoms with Crippen molar-refractivity contribution in [2.45, 2.75) is 19.3 Å². The summed E-state index contributed by atoms with van der Waals surface area (Å²) in [5, 5.41) is 7.86. The van der Waals surface area contributed by atoms with Crippen molar-refractivity contribution in [3.05, 3.63) is 65.9 Å². The molecule has 4 rings (SSSR count). The standard InChI is InChI=1S/C20H20N6/c21-19-16-10-9-14(11-18(16)25-26-19)17-12-15(23-20(22)24-17)8-4-7-13-5-2-1-3-6-13/h1-3,5-6,9-12H,4,7-8H2,(H3,21,25,26)(H2,22,23,24). The molecule has 6 nitrogen and oxygen atoms in total. The van der Waals surface area contributed by atoms with Crippen LogP contribution in [0.3, 0.4) is 0 Å². The SMILES string of the molecule is Nc1nc(CCCc2ccccc2)cc(-c2ccc3c(N)n[nH]c3c2)n1. The van der Waals surface area contributed by atoms with Crippen LogP contribution in [-0.2, 0) is 12.8 Å². The van der Waals surface area contributed by atoms with E-state index in [0.717, 1.165) is 47.1 Å². The molecule has 4 aromatic rings. The molecule has 5 N–H and O–H groups in total. The Morgan fingerprint density at radius 3 is 2.58 bits per heavy atom. The van der Waals surface area contributed by atoms with E-state index in [1.165, 1.54) is 5.56 Å². The molecule has 0 unspecified atom stereocenters. The van der Waals surface area contributed by atoms with E-state index in [9.17, 15) is 0 Å². The third-order valence-electron chi connectivity index (χ3n) is 4.43. The van der Waals surface area contributed by atoms with Gasteiger partial charge in [0.15, 0.2) is 5.82 Å². The van der Waals surface area contributed by atoms with Gasteiger partial charge in [0.05, 0.1) is 11.2 Å². The van der Waals surface area contributed by atoms with E-state index in [1.54, 1.807) is 0 Å². The van der Waals surface area contributed by atoms with Crippen molar-refractivity contribution >= 4 is 22.7 Å². The third kappa shape index (κ3) is 3.35. The molecule has 0 aliphatic carbocycles. The zero-order chi connectivity index (χ0) is 17.9. The average Bonchev–Trinajstić information content (AvgIpc) is 3.03. The fourth-order valence-electron chi connectivity index (χ4n) is 3.11. The largest absolute Gasteiger partial charge is 0.382 e. The number of aromatic amines is 1. The number of nitrogens with zero attached hydrogens (tertiary/aromatic N) is 3. The van der Waals surface area contributed by atoms with Crippen molar-refractivity contribution in [1.29, 1.82) is 0 Å². The molecule has 2 aromatic carbocycles. The molecule has 0 amide bonds. The van der Waals surface area contributed by atoms with Crippen molar-refractivity contribution in [1.82, 2.24) is 20.2 Å². The van der Waals surface area contributed by atoms with Gasteiger partial charge in [0.1, 0.15) is 0 Å². The van der Waals surface area contributed by atoms with E-state index in [2.05, 4.69) is 44.4 Å². The van der Waals surface area contributed by atoms with Crippen LogP contribution in [0.2, 0.25) is 0 Å². The van der Waals surface area contributed by atoms with E-state index < -0.39 is 0 Å². The maximum atomic E-state index is 5.93. The normalized spacial score (nSPS) is 11.1. The summed E-state index contributed by atoms with van der Waals surface area (Å²) in [4.78, 5) is 8.77. The van der Waals surface area contributed by atoms with Crippen molar-refractivity contribution in [2.75, 3.05) is 11.5 Å². The van der Waals surface area contributed by atoms with Crippen LogP contribution in [0.4, 0.5) is 11.8 Å². The fourth-order valence-corrected chi connectivity index (χ4v) is 3.11. The molecule has 2 aromatic heterocycles. The first kappa shape index (κ1) is 16.1. The molecular formula is C20H20N6. The molecule has 26 heavy (non-hydrogen) atoms. The van der Waals surface area contributed by atoms with Gasteiger partial charge in [0.25, 0.3) is 0 Å². The molecule has 0 aliphatic rings. The lowest BCUT2D eigenvalue weighted by atomic mass is 10.0. The van der Waals surface area contributed by atoms with Crippen molar-refractivity contribution in [2.24, 2.45) is 0 Å². The van der Waals surface area contributed by atoms with Gasteiger partial charge in [-0.25, -0.2) is 9.97 Å². The predicted octanol–water partition coefficient (Wildman–Crippen LogP) is 3.36. The highest BCUT2D eigenvalue weighted by Gasteiger charge is 2.08. The first-order valence-electron chi connectivity index (χ1n) is 8.60. The van der Waals surface area contributed by atoms with Crippen LogP contribution in [-0.4, -0.2) is 20.2 Å². The number of rotatable bonds is 5. The molecule has 0 saturated heterocycles.